The van der Waals surface area contributed by atoms with Gasteiger partial charge in [0.1, 0.15) is 23.8 Å². The number of carbonyl (C=O) groups excluding carboxylic acids is 1. The Morgan fingerprint density at radius 2 is 2.03 bits per heavy atom. The van der Waals surface area contributed by atoms with Crippen LogP contribution in [0.5, 0.6) is 0 Å². The average Bonchev–Trinajstić information content (AvgIpc) is 3.31. The van der Waals surface area contributed by atoms with Gasteiger partial charge in [0, 0.05) is 18.3 Å². The summed E-state index contributed by atoms with van der Waals surface area (Å²) in [4.78, 5) is 29.8. The summed E-state index contributed by atoms with van der Waals surface area (Å²) in [7, 11) is 3.91. The number of hydrogen-bond acceptors (Lipinski definition) is 8. The summed E-state index contributed by atoms with van der Waals surface area (Å²) in [5.41, 5.74) is 2.44. The van der Waals surface area contributed by atoms with Crippen LogP contribution in [0.4, 0.5) is 10.6 Å². The van der Waals surface area contributed by atoms with Crippen LogP contribution in [0, 0.1) is 11.3 Å². The number of nitriles is 1. The van der Waals surface area contributed by atoms with Crippen molar-refractivity contribution in [2.45, 2.75) is 25.5 Å². The molecule has 34 heavy (non-hydrogen) atoms. The maximum Gasteiger partial charge on any atom is 0.411 e. The first-order valence-electron chi connectivity index (χ1n) is 10.7. The van der Waals surface area contributed by atoms with Crippen LogP contribution in [0.15, 0.2) is 58.7 Å². The van der Waals surface area contributed by atoms with E-state index in [9.17, 15) is 4.79 Å². The van der Waals surface area contributed by atoms with Gasteiger partial charge in [0.15, 0.2) is 0 Å². The van der Waals surface area contributed by atoms with Gasteiger partial charge in [0.05, 0.1) is 18.6 Å². The lowest BCUT2D eigenvalue weighted by Crippen LogP contribution is -2.47. The zero-order chi connectivity index (χ0) is 23.6. The Morgan fingerprint density at radius 3 is 2.71 bits per heavy atom. The first-order chi connectivity index (χ1) is 15.8. The number of benzene rings is 1. The van der Waals surface area contributed by atoms with Gasteiger partial charge in [-0.25, -0.2) is 14.8 Å². The molecule has 1 amide bonds. The standard InChI is InChI=1S/C24H27N7O2.H2S/c1-24(2)18-13-27-22(29-20-10-11-26-21(12-25)28-20)17(18)14-31(24)23(32)33-19(15-30(3)4)16-8-6-5-7-9-16;/h5-11,19H,13-15H2,1-4H3,(H,26,27,28,29);1H2/t19-;/m1./s1. The monoisotopic (exact) mass is 479 g/mol. The van der Waals surface area contributed by atoms with Gasteiger partial charge in [-0.05, 0) is 45.1 Å². The zero-order valence-corrected chi connectivity index (χ0v) is 20.7. The van der Waals surface area contributed by atoms with E-state index in [0.717, 1.165) is 16.7 Å². The van der Waals surface area contributed by atoms with Gasteiger partial charge in [-0.1, -0.05) is 30.3 Å². The third-order valence-corrected chi connectivity index (χ3v) is 5.94. The molecule has 1 atom stereocenters. The van der Waals surface area contributed by atoms with Crippen LogP contribution < -0.4 is 5.32 Å². The van der Waals surface area contributed by atoms with E-state index in [1.54, 1.807) is 11.0 Å². The van der Waals surface area contributed by atoms with Crippen molar-refractivity contribution in [1.82, 2.24) is 19.8 Å². The van der Waals surface area contributed by atoms with E-state index in [4.69, 9.17) is 10.00 Å². The predicted molar refractivity (Wildman–Crippen MR) is 135 cm³/mol. The second-order valence-electron chi connectivity index (χ2n) is 8.81. The molecule has 1 aromatic carbocycles. The molecule has 178 valence electrons. The first kappa shape index (κ1) is 25.2. The first-order valence-corrected chi connectivity index (χ1v) is 10.7. The number of aliphatic imine (C=N–C) groups is 1. The Labute approximate surface area is 206 Å². The molecule has 0 fully saturated rings. The van der Waals surface area contributed by atoms with Crippen molar-refractivity contribution in [3.8, 4) is 6.07 Å². The quantitative estimate of drug-likeness (QED) is 0.702. The van der Waals surface area contributed by atoms with Crippen LogP contribution in [-0.4, -0.2) is 71.0 Å². The molecule has 0 saturated carbocycles. The zero-order valence-electron chi connectivity index (χ0n) is 19.7. The second-order valence-corrected chi connectivity index (χ2v) is 8.81. The topological polar surface area (TPSA) is 107 Å². The van der Waals surface area contributed by atoms with Crippen LogP contribution in [-0.2, 0) is 4.74 Å². The van der Waals surface area contributed by atoms with E-state index in [2.05, 4.69) is 20.3 Å². The van der Waals surface area contributed by atoms with Crippen molar-refractivity contribution in [3.05, 3.63) is 65.1 Å². The number of likely N-dealkylation sites (N-methyl/N-ethyl adjacent to an activating group) is 1. The van der Waals surface area contributed by atoms with E-state index in [1.807, 2.05) is 69.2 Å². The minimum Gasteiger partial charge on any atom is -0.440 e. The van der Waals surface area contributed by atoms with Crippen molar-refractivity contribution in [1.29, 1.82) is 5.26 Å². The van der Waals surface area contributed by atoms with Gasteiger partial charge >= 0.3 is 6.09 Å². The minimum absolute atomic E-state index is 0. The lowest BCUT2D eigenvalue weighted by Gasteiger charge is -2.35. The van der Waals surface area contributed by atoms with E-state index < -0.39 is 5.54 Å². The number of aromatic nitrogens is 2. The minimum atomic E-state index is -0.539. The molecule has 2 aliphatic rings. The highest BCUT2D eigenvalue weighted by Gasteiger charge is 2.46. The molecule has 9 nitrogen and oxygen atoms in total. The molecule has 0 saturated heterocycles. The largest absolute Gasteiger partial charge is 0.440 e. The molecule has 1 N–H and O–H groups in total. The van der Waals surface area contributed by atoms with Crippen molar-refractivity contribution >= 4 is 31.2 Å². The molecule has 0 aliphatic carbocycles. The van der Waals surface area contributed by atoms with E-state index in [-0.39, 0.29) is 31.5 Å². The number of ether oxygens (including phenoxy) is 1. The predicted octanol–water partition coefficient (Wildman–Crippen LogP) is 3.12. The number of nitrogens with one attached hydrogen (secondary N) is 1. The highest BCUT2D eigenvalue weighted by atomic mass is 32.1. The third kappa shape index (κ3) is 5.05. The van der Waals surface area contributed by atoms with Crippen molar-refractivity contribution in [2.24, 2.45) is 4.99 Å². The van der Waals surface area contributed by atoms with Crippen molar-refractivity contribution in [3.63, 3.8) is 0 Å². The highest BCUT2D eigenvalue weighted by Crippen LogP contribution is 2.39. The number of hydrogen-bond donors (Lipinski definition) is 1. The summed E-state index contributed by atoms with van der Waals surface area (Å²) in [5.74, 6) is 1.23. The molecule has 0 radical (unpaired) electrons. The lowest BCUT2D eigenvalue weighted by molar-refractivity contribution is 0.0383. The number of carbonyl (C=O) groups is 1. The Morgan fingerprint density at radius 1 is 1.29 bits per heavy atom. The number of amidine groups is 1. The summed E-state index contributed by atoms with van der Waals surface area (Å²) in [6.07, 6.45) is 0.782. The van der Waals surface area contributed by atoms with Gasteiger partial charge in [0.25, 0.3) is 0 Å². The summed E-state index contributed by atoms with van der Waals surface area (Å²) in [6, 6.07) is 13.4. The fourth-order valence-electron chi connectivity index (χ4n) is 4.15. The smallest absolute Gasteiger partial charge is 0.411 e. The highest BCUT2D eigenvalue weighted by molar-refractivity contribution is 7.59. The molecule has 1 aromatic heterocycles. The number of amides is 1. The van der Waals surface area contributed by atoms with Gasteiger partial charge in [-0.2, -0.15) is 18.8 Å². The van der Waals surface area contributed by atoms with Crippen LogP contribution in [0.2, 0.25) is 0 Å². The van der Waals surface area contributed by atoms with Crippen LogP contribution in [0.25, 0.3) is 0 Å². The molecule has 0 spiro atoms. The van der Waals surface area contributed by atoms with Crippen LogP contribution in [0.3, 0.4) is 0 Å². The normalized spacial score (nSPS) is 16.9. The third-order valence-electron chi connectivity index (χ3n) is 5.94. The van der Waals surface area contributed by atoms with E-state index in [1.165, 1.54) is 6.20 Å². The lowest BCUT2D eigenvalue weighted by atomic mass is 9.94. The number of rotatable bonds is 5. The van der Waals surface area contributed by atoms with Crippen LogP contribution in [0.1, 0.15) is 31.3 Å². The molecule has 2 aliphatic heterocycles. The molecular formula is C24H29N7O2S. The molecule has 10 heteroatoms. The summed E-state index contributed by atoms with van der Waals surface area (Å²) in [6.45, 7) is 5.48. The Balaban J connectivity index is 0.00000324. The van der Waals surface area contributed by atoms with Crippen molar-refractivity contribution in [2.75, 3.05) is 39.0 Å². The average molecular weight is 480 g/mol. The second kappa shape index (κ2) is 10.2. The van der Waals surface area contributed by atoms with Crippen LogP contribution >= 0.6 is 13.5 Å². The summed E-state index contributed by atoms with van der Waals surface area (Å²) >= 11 is 0. The maximum atomic E-state index is 13.3. The summed E-state index contributed by atoms with van der Waals surface area (Å²) < 4.78 is 6.02. The maximum absolute atomic E-state index is 13.3. The molecule has 0 bridgehead atoms. The molecular weight excluding hydrogens is 450 g/mol. The summed E-state index contributed by atoms with van der Waals surface area (Å²) in [5, 5.41) is 12.2. The van der Waals surface area contributed by atoms with Gasteiger partial charge in [-0.15, -0.1) is 0 Å². The molecule has 2 aromatic rings. The number of nitrogens with zero attached hydrogens (tertiary/aromatic N) is 6. The molecule has 4 rings (SSSR count). The van der Waals surface area contributed by atoms with Gasteiger partial charge < -0.3 is 15.0 Å². The van der Waals surface area contributed by atoms with Crippen molar-refractivity contribution < 1.29 is 9.53 Å². The van der Waals surface area contributed by atoms with Gasteiger partial charge in [0.2, 0.25) is 5.82 Å². The molecule has 3 heterocycles. The number of anilines is 1. The van der Waals surface area contributed by atoms with E-state index >= 15 is 0 Å². The Kier molecular flexibility index (Phi) is 7.59. The molecule has 0 unspecified atom stereocenters. The van der Waals surface area contributed by atoms with E-state index in [0.29, 0.717) is 31.3 Å². The fourth-order valence-corrected chi connectivity index (χ4v) is 4.15. The fraction of sp³-hybridized carbons (Fsp3) is 0.375. The Bertz CT molecular complexity index is 1160. The SMILES string of the molecule is CN(C)C[C@@H](OC(=O)N1CC2=C(CN=C2Nc2ccnc(C#N)n2)C1(C)C)c1ccccc1.S. The van der Waals surface area contributed by atoms with Gasteiger partial charge in [-0.3, -0.25) is 9.89 Å². The Hall–Kier alpha value is -3.42.